The van der Waals surface area contributed by atoms with Gasteiger partial charge in [-0.25, -0.2) is 15.0 Å². The minimum atomic E-state index is -4.49. The van der Waals surface area contributed by atoms with Crippen molar-refractivity contribution in [3.05, 3.63) is 66.0 Å². The van der Waals surface area contributed by atoms with Crippen molar-refractivity contribution >= 4 is 28.9 Å². The van der Waals surface area contributed by atoms with Crippen LogP contribution in [0.25, 0.3) is 0 Å². The Morgan fingerprint density at radius 1 is 1.00 bits per heavy atom. The topological polar surface area (TPSA) is 92.3 Å². The van der Waals surface area contributed by atoms with Crippen LogP contribution in [-0.4, -0.2) is 47.2 Å². The average Bonchev–Trinajstić information content (AvgIpc) is 2.81. The van der Waals surface area contributed by atoms with Crippen LogP contribution in [0.15, 0.2) is 48.9 Å². The number of halogens is 4. The number of morpholine rings is 1. The van der Waals surface area contributed by atoms with Crippen molar-refractivity contribution < 1.29 is 27.1 Å². The fraction of sp³-hybridized carbons (Fsp3) is 0.238. The van der Waals surface area contributed by atoms with Gasteiger partial charge in [0.1, 0.15) is 11.6 Å². The standard InChI is InChI=1S/C21H18F4N6O2/c22-17-10-16(31-5-7-33-8-6-31)15(12-27-17)29-20(32)13-3-4-26-19(9-13)30-18-2-1-14(11-28-18)21(23,24)25/h1-4,9-12H,5-8H2,(H,29,32)(H,26,28,30). The number of hydrogen-bond donors (Lipinski definition) is 2. The summed E-state index contributed by atoms with van der Waals surface area (Å²) in [6.07, 6.45) is -1.18. The Morgan fingerprint density at radius 3 is 2.48 bits per heavy atom. The fourth-order valence-electron chi connectivity index (χ4n) is 3.18. The van der Waals surface area contributed by atoms with Gasteiger partial charge in [0.05, 0.1) is 36.3 Å². The van der Waals surface area contributed by atoms with E-state index in [-0.39, 0.29) is 17.2 Å². The molecule has 0 radical (unpaired) electrons. The van der Waals surface area contributed by atoms with Gasteiger partial charge in [0, 0.05) is 37.1 Å². The Balaban J connectivity index is 1.49. The number of carbonyl (C=O) groups excluding carboxylic acids is 1. The lowest BCUT2D eigenvalue weighted by atomic mass is 10.2. The number of pyridine rings is 3. The van der Waals surface area contributed by atoms with Crippen molar-refractivity contribution in [2.75, 3.05) is 41.8 Å². The van der Waals surface area contributed by atoms with Gasteiger partial charge in [-0.1, -0.05) is 0 Å². The molecule has 0 aliphatic carbocycles. The SMILES string of the molecule is O=C(Nc1cnc(F)cc1N1CCOCC1)c1ccnc(Nc2ccc(C(F)(F)F)cn2)c1. The van der Waals surface area contributed by atoms with E-state index in [1.807, 2.05) is 4.90 Å². The second-order valence-electron chi connectivity index (χ2n) is 7.06. The zero-order chi connectivity index (χ0) is 23.4. The monoisotopic (exact) mass is 462 g/mol. The quantitative estimate of drug-likeness (QED) is 0.439. The molecule has 4 rings (SSSR count). The third-order valence-corrected chi connectivity index (χ3v) is 4.82. The molecular weight excluding hydrogens is 444 g/mol. The van der Waals surface area contributed by atoms with Gasteiger partial charge in [-0.2, -0.15) is 17.6 Å². The number of rotatable bonds is 5. The van der Waals surface area contributed by atoms with Crippen molar-refractivity contribution in [1.82, 2.24) is 15.0 Å². The molecule has 2 N–H and O–H groups in total. The summed E-state index contributed by atoms with van der Waals surface area (Å²) in [7, 11) is 0. The Bertz CT molecular complexity index is 1130. The third-order valence-electron chi connectivity index (χ3n) is 4.82. The summed E-state index contributed by atoms with van der Waals surface area (Å²) in [5, 5.41) is 5.48. The number of carbonyl (C=O) groups is 1. The van der Waals surface area contributed by atoms with Crippen LogP contribution in [0.4, 0.5) is 40.6 Å². The molecule has 1 aliphatic heterocycles. The highest BCUT2D eigenvalue weighted by Crippen LogP contribution is 2.29. The van der Waals surface area contributed by atoms with E-state index in [9.17, 15) is 22.4 Å². The van der Waals surface area contributed by atoms with Gasteiger partial charge in [-0.3, -0.25) is 4.79 Å². The zero-order valence-electron chi connectivity index (χ0n) is 17.1. The van der Waals surface area contributed by atoms with Crippen molar-refractivity contribution in [2.24, 2.45) is 0 Å². The number of anilines is 4. The number of amides is 1. The highest BCUT2D eigenvalue weighted by Gasteiger charge is 2.30. The maximum Gasteiger partial charge on any atom is 0.417 e. The second kappa shape index (κ2) is 9.36. The number of alkyl halides is 3. The smallest absolute Gasteiger partial charge is 0.378 e. The van der Waals surface area contributed by atoms with Crippen LogP contribution in [0, 0.1) is 5.95 Å². The van der Waals surface area contributed by atoms with E-state index in [2.05, 4.69) is 25.6 Å². The van der Waals surface area contributed by atoms with Crippen LogP contribution in [0.3, 0.4) is 0 Å². The molecule has 33 heavy (non-hydrogen) atoms. The number of hydrogen-bond acceptors (Lipinski definition) is 7. The van der Waals surface area contributed by atoms with E-state index in [4.69, 9.17) is 4.74 Å². The summed E-state index contributed by atoms with van der Waals surface area (Å²) in [6, 6.07) is 6.18. The van der Waals surface area contributed by atoms with Gasteiger partial charge in [0.2, 0.25) is 5.95 Å². The van der Waals surface area contributed by atoms with Gasteiger partial charge in [0.25, 0.3) is 5.91 Å². The van der Waals surface area contributed by atoms with Gasteiger partial charge in [-0.15, -0.1) is 0 Å². The number of aromatic nitrogens is 3. The van der Waals surface area contributed by atoms with Gasteiger partial charge in [-0.05, 0) is 24.3 Å². The Morgan fingerprint density at radius 2 is 1.79 bits per heavy atom. The zero-order valence-corrected chi connectivity index (χ0v) is 17.1. The maximum atomic E-state index is 13.7. The molecule has 3 aromatic rings. The number of ether oxygens (including phenoxy) is 1. The molecule has 4 heterocycles. The maximum absolute atomic E-state index is 13.7. The van der Waals surface area contributed by atoms with Crippen LogP contribution >= 0.6 is 0 Å². The van der Waals surface area contributed by atoms with Crippen molar-refractivity contribution in [1.29, 1.82) is 0 Å². The van der Waals surface area contributed by atoms with E-state index in [1.54, 1.807) is 0 Å². The molecule has 1 fully saturated rings. The van der Waals surface area contributed by atoms with Crippen molar-refractivity contribution in [3.63, 3.8) is 0 Å². The van der Waals surface area contributed by atoms with Crippen LogP contribution < -0.4 is 15.5 Å². The molecule has 1 aliphatic rings. The van der Waals surface area contributed by atoms with Crippen molar-refractivity contribution in [2.45, 2.75) is 6.18 Å². The highest BCUT2D eigenvalue weighted by molar-refractivity contribution is 6.06. The summed E-state index contributed by atoms with van der Waals surface area (Å²) in [6.45, 7) is 2.04. The van der Waals surface area contributed by atoms with E-state index in [1.165, 1.54) is 30.6 Å². The predicted molar refractivity (Wildman–Crippen MR) is 112 cm³/mol. The van der Waals surface area contributed by atoms with E-state index >= 15 is 0 Å². The molecule has 1 amide bonds. The van der Waals surface area contributed by atoms with Gasteiger partial charge >= 0.3 is 6.18 Å². The molecule has 8 nitrogen and oxygen atoms in total. The lowest BCUT2D eigenvalue weighted by Gasteiger charge is -2.30. The predicted octanol–water partition coefficient (Wildman–Crippen LogP) is 3.86. The minimum absolute atomic E-state index is 0.130. The van der Waals surface area contributed by atoms with Gasteiger partial charge < -0.3 is 20.3 Å². The lowest BCUT2D eigenvalue weighted by molar-refractivity contribution is -0.137. The minimum Gasteiger partial charge on any atom is -0.378 e. The lowest BCUT2D eigenvalue weighted by Crippen LogP contribution is -2.37. The van der Waals surface area contributed by atoms with Crippen LogP contribution in [0.1, 0.15) is 15.9 Å². The Hall–Kier alpha value is -3.80. The first kappa shape index (κ1) is 22.4. The first-order valence-corrected chi connectivity index (χ1v) is 9.85. The molecule has 3 aromatic heterocycles. The molecule has 1 saturated heterocycles. The average molecular weight is 462 g/mol. The van der Waals surface area contributed by atoms with E-state index in [0.717, 1.165) is 12.1 Å². The van der Waals surface area contributed by atoms with E-state index < -0.39 is 23.6 Å². The van der Waals surface area contributed by atoms with Gasteiger partial charge in [0.15, 0.2) is 0 Å². The summed E-state index contributed by atoms with van der Waals surface area (Å²) in [4.78, 5) is 26.1. The third kappa shape index (κ3) is 5.52. The first-order valence-electron chi connectivity index (χ1n) is 9.85. The fourth-order valence-corrected chi connectivity index (χ4v) is 3.18. The molecule has 0 bridgehead atoms. The first-order chi connectivity index (χ1) is 15.8. The largest absolute Gasteiger partial charge is 0.417 e. The molecule has 0 atom stereocenters. The Kier molecular flexibility index (Phi) is 6.36. The number of nitrogens with one attached hydrogen (secondary N) is 2. The van der Waals surface area contributed by atoms with E-state index in [0.29, 0.717) is 43.9 Å². The summed E-state index contributed by atoms with van der Waals surface area (Å²) >= 11 is 0. The molecule has 0 unspecified atom stereocenters. The molecule has 172 valence electrons. The molecule has 0 spiro atoms. The van der Waals surface area contributed by atoms with Crippen LogP contribution in [0.2, 0.25) is 0 Å². The summed E-state index contributed by atoms with van der Waals surface area (Å²) < 4.78 is 57.1. The molecular formula is C21H18F4N6O2. The summed E-state index contributed by atoms with van der Waals surface area (Å²) in [5.74, 6) is -0.830. The number of nitrogens with zero attached hydrogens (tertiary/aromatic N) is 4. The summed E-state index contributed by atoms with van der Waals surface area (Å²) in [5.41, 5.74) is 0.161. The second-order valence-corrected chi connectivity index (χ2v) is 7.06. The molecule has 0 saturated carbocycles. The van der Waals surface area contributed by atoms with Crippen LogP contribution in [-0.2, 0) is 10.9 Å². The molecule has 0 aromatic carbocycles. The van der Waals surface area contributed by atoms with Crippen LogP contribution in [0.5, 0.6) is 0 Å². The highest BCUT2D eigenvalue weighted by atomic mass is 19.4. The Labute approximate surface area is 185 Å². The van der Waals surface area contributed by atoms with Crippen molar-refractivity contribution in [3.8, 4) is 0 Å². The molecule has 12 heteroatoms. The normalized spacial score (nSPS) is 14.1.